The van der Waals surface area contributed by atoms with Gasteiger partial charge in [-0.05, 0) is 12.1 Å². The Morgan fingerprint density at radius 1 is 1.24 bits per heavy atom. The summed E-state index contributed by atoms with van der Waals surface area (Å²) in [6.45, 7) is 2.48. The molecule has 4 rings (SSSR count). The van der Waals surface area contributed by atoms with Gasteiger partial charge in [0.1, 0.15) is 18.5 Å². The van der Waals surface area contributed by atoms with E-state index in [2.05, 4.69) is 20.3 Å². The van der Waals surface area contributed by atoms with Gasteiger partial charge in [0, 0.05) is 25.3 Å². The van der Waals surface area contributed by atoms with Crippen LogP contribution in [0.2, 0.25) is 0 Å². The SMILES string of the molecule is CCC(=O)[C@]1(n2cnc3c(NC(=O)c4ccccc4)ncnc32)C[C@H](OC(C)=O)[C@@H](CO)O1. The zero-order chi connectivity index (χ0) is 23.6. The number of carbonyl (C=O) groups is 3. The highest BCUT2D eigenvalue weighted by atomic mass is 16.6. The Kier molecular flexibility index (Phi) is 6.16. The first kappa shape index (κ1) is 22.5. The van der Waals surface area contributed by atoms with Crippen molar-refractivity contribution < 1.29 is 29.0 Å². The lowest BCUT2D eigenvalue weighted by Crippen LogP contribution is -2.42. The van der Waals surface area contributed by atoms with E-state index in [1.807, 2.05) is 0 Å². The Morgan fingerprint density at radius 2 is 2.00 bits per heavy atom. The van der Waals surface area contributed by atoms with Crippen LogP contribution in [0.4, 0.5) is 5.82 Å². The number of ketones is 1. The average Bonchev–Trinajstić information content (AvgIpc) is 3.41. The molecular formula is C22H23N5O6. The molecule has 3 atom stereocenters. The van der Waals surface area contributed by atoms with Gasteiger partial charge in [-0.15, -0.1) is 0 Å². The minimum atomic E-state index is -1.59. The summed E-state index contributed by atoms with van der Waals surface area (Å²) in [7, 11) is 0. The van der Waals surface area contributed by atoms with Gasteiger partial charge in [0.05, 0.1) is 12.9 Å². The molecule has 2 aromatic heterocycles. The number of nitrogens with one attached hydrogen (secondary N) is 1. The van der Waals surface area contributed by atoms with Crippen LogP contribution in [0.25, 0.3) is 11.2 Å². The van der Waals surface area contributed by atoms with Gasteiger partial charge in [0.15, 0.2) is 22.8 Å². The van der Waals surface area contributed by atoms with E-state index in [9.17, 15) is 19.5 Å². The number of ether oxygens (including phenoxy) is 2. The number of aromatic nitrogens is 4. The Balaban J connectivity index is 1.75. The zero-order valence-corrected chi connectivity index (χ0v) is 18.1. The first-order valence-corrected chi connectivity index (χ1v) is 10.4. The van der Waals surface area contributed by atoms with E-state index in [1.165, 1.54) is 24.1 Å². The van der Waals surface area contributed by atoms with Crippen molar-refractivity contribution in [3.8, 4) is 0 Å². The van der Waals surface area contributed by atoms with Gasteiger partial charge in [-0.2, -0.15) is 0 Å². The van der Waals surface area contributed by atoms with E-state index in [1.54, 1.807) is 37.3 Å². The number of benzene rings is 1. The smallest absolute Gasteiger partial charge is 0.302 e. The van der Waals surface area contributed by atoms with Crippen LogP contribution in [0.1, 0.15) is 37.0 Å². The molecule has 1 fully saturated rings. The van der Waals surface area contributed by atoms with Crippen LogP contribution in [0.3, 0.4) is 0 Å². The third-order valence-electron chi connectivity index (χ3n) is 5.48. The van der Waals surface area contributed by atoms with Crippen LogP contribution in [0, 0.1) is 0 Å². The highest BCUT2D eigenvalue weighted by molar-refractivity contribution is 6.06. The number of aliphatic hydroxyl groups is 1. The molecule has 0 saturated carbocycles. The Hall–Kier alpha value is -3.70. The number of nitrogens with zero attached hydrogens (tertiary/aromatic N) is 4. The van der Waals surface area contributed by atoms with E-state index in [4.69, 9.17) is 9.47 Å². The number of aliphatic hydroxyl groups excluding tert-OH is 1. The van der Waals surface area contributed by atoms with Crippen LogP contribution in [0.5, 0.6) is 0 Å². The molecule has 1 aliphatic heterocycles. The summed E-state index contributed by atoms with van der Waals surface area (Å²) in [5.74, 6) is -1.06. The predicted molar refractivity (Wildman–Crippen MR) is 115 cm³/mol. The number of hydrogen-bond donors (Lipinski definition) is 2. The maximum absolute atomic E-state index is 13.1. The lowest BCUT2D eigenvalue weighted by Gasteiger charge is -2.28. The van der Waals surface area contributed by atoms with Gasteiger partial charge in [-0.1, -0.05) is 25.1 Å². The maximum Gasteiger partial charge on any atom is 0.302 e. The highest BCUT2D eigenvalue weighted by Crippen LogP contribution is 2.40. The topological polar surface area (TPSA) is 146 Å². The Labute approximate surface area is 188 Å². The lowest BCUT2D eigenvalue weighted by atomic mass is 9.99. The first-order chi connectivity index (χ1) is 15.9. The molecule has 0 aliphatic carbocycles. The van der Waals surface area contributed by atoms with Gasteiger partial charge < -0.3 is 19.9 Å². The largest absolute Gasteiger partial charge is 0.459 e. The standard InChI is InChI=1S/C22H23N5O6/c1-3-17(30)22(9-15(32-13(2)29)16(10-28)33-22)27-12-25-18-19(23-11-24-20(18)27)26-21(31)14-7-5-4-6-8-14/h4-8,11-12,15-16,28H,3,9-10H2,1-2H3,(H,23,24,26,31)/t15-,16+,22-/m0/s1. The highest BCUT2D eigenvalue weighted by Gasteiger charge is 2.54. The quantitative estimate of drug-likeness (QED) is 0.507. The maximum atomic E-state index is 13.1. The number of imidazole rings is 1. The summed E-state index contributed by atoms with van der Waals surface area (Å²) in [5, 5.41) is 12.5. The van der Waals surface area contributed by atoms with Crippen molar-refractivity contribution in [2.75, 3.05) is 11.9 Å². The van der Waals surface area contributed by atoms with E-state index >= 15 is 0 Å². The molecule has 11 heteroatoms. The molecule has 3 aromatic rings. The number of fused-ring (bicyclic) bond motifs is 1. The van der Waals surface area contributed by atoms with E-state index < -0.39 is 30.5 Å². The third-order valence-corrected chi connectivity index (χ3v) is 5.48. The molecule has 1 aliphatic rings. The van der Waals surface area contributed by atoms with Crippen molar-refractivity contribution in [1.82, 2.24) is 19.5 Å². The van der Waals surface area contributed by atoms with Crippen molar-refractivity contribution in [1.29, 1.82) is 0 Å². The summed E-state index contributed by atoms with van der Waals surface area (Å²) >= 11 is 0. The summed E-state index contributed by atoms with van der Waals surface area (Å²) in [6, 6.07) is 8.62. The minimum Gasteiger partial charge on any atom is -0.459 e. The van der Waals surface area contributed by atoms with Crippen molar-refractivity contribution >= 4 is 34.6 Å². The van der Waals surface area contributed by atoms with E-state index in [-0.39, 0.29) is 41.5 Å². The summed E-state index contributed by atoms with van der Waals surface area (Å²) < 4.78 is 12.8. The number of esters is 1. The zero-order valence-electron chi connectivity index (χ0n) is 18.1. The van der Waals surface area contributed by atoms with Crippen molar-refractivity contribution in [2.45, 2.75) is 44.6 Å². The van der Waals surface area contributed by atoms with Gasteiger partial charge in [0.2, 0.25) is 5.72 Å². The molecular weight excluding hydrogens is 430 g/mol. The Morgan fingerprint density at radius 3 is 2.67 bits per heavy atom. The van der Waals surface area contributed by atoms with Gasteiger partial charge in [-0.25, -0.2) is 15.0 Å². The van der Waals surface area contributed by atoms with Crippen molar-refractivity contribution in [2.24, 2.45) is 0 Å². The van der Waals surface area contributed by atoms with Crippen LogP contribution >= 0.6 is 0 Å². The van der Waals surface area contributed by atoms with Crippen LogP contribution in [-0.2, 0) is 24.8 Å². The lowest BCUT2D eigenvalue weighted by molar-refractivity contribution is -0.162. The number of carbonyl (C=O) groups excluding carboxylic acids is 3. The summed E-state index contributed by atoms with van der Waals surface area (Å²) in [6.07, 6.45) is 0.975. The van der Waals surface area contributed by atoms with Gasteiger partial charge in [0.25, 0.3) is 5.91 Å². The summed E-state index contributed by atoms with van der Waals surface area (Å²) in [4.78, 5) is 50.0. The minimum absolute atomic E-state index is 0.0222. The van der Waals surface area contributed by atoms with Crippen LogP contribution in [-0.4, -0.2) is 61.1 Å². The fourth-order valence-electron chi connectivity index (χ4n) is 3.97. The normalized spacial score (nSPS) is 22.3. The monoisotopic (exact) mass is 453 g/mol. The second-order valence-corrected chi connectivity index (χ2v) is 7.58. The fourth-order valence-corrected chi connectivity index (χ4v) is 3.97. The number of anilines is 1. The predicted octanol–water partition coefficient (Wildman–Crippen LogP) is 1.42. The Bertz CT molecular complexity index is 1200. The molecule has 2 N–H and O–H groups in total. The summed E-state index contributed by atoms with van der Waals surface area (Å²) in [5.41, 5.74) is -0.651. The molecule has 1 saturated heterocycles. The molecule has 0 radical (unpaired) electrons. The molecule has 3 heterocycles. The molecule has 11 nitrogen and oxygen atoms in total. The molecule has 0 unspecified atom stereocenters. The molecule has 1 aromatic carbocycles. The van der Waals surface area contributed by atoms with Crippen molar-refractivity contribution in [3.05, 3.63) is 48.5 Å². The van der Waals surface area contributed by atoms with E-state index in [0.29, 0.717) is 5.56 Å². The molecule has 172 valence electrons. The van der Waals surface area contributed by atoms with Crippen LogP contribution in [0.15, 0.2) is 43.0 Å². The molecule has 33 heavy (non-hydrogen) atoms. The number of hydrogen-bond acceptors (Lipinski definition) is 9. The molecule has 1 amide bonds. The fraction of sp³-hybridized carbons (Fsp3) is 0.364. The van der Waals surface area contributed by atoms with E-state index in [0.717, 1.165) is 0 Å². The van der Waals surface area contributed by atoms with Crippen molar-refractivity contribution in [3.63, 3.8) is 0 Å². The first-order valence-electron chi connectivity index (χ1n) is 10.4. The molecule has 0 spiro atoms. The van der Waals surface area contributed by atoms with Crippen LogP contribution < -0.4 is 5.32 Å². The number of rotatable bonds is 7. The number of Topliss-reactive ketones (excluding diaryl/α,β-unsaturated/α-hetero) is 1. The molecule has 0 bridgehead atoms. The van der Waals surface area contributed by atoms with Gasteiger partial charge in [-0.3, -0.25) is 19.0 Å². The second-order valence-electron chi connectivity index (χ2n) is 7.58. The van der Waals surface area contributed by atoms with Gasteiger partial charge >= 0.3 is 5.97 Å². The average molecular weight is 453 g/mol. The second kappa shape index (κ2) is 9.04. The number of amides is 1. The third kappa shape index (κ3) is 4.08.